The first kappa shape index (κ1) is 6.30. The van der Waals surface area contributed by atoms with Gasteiger partial charge in [0.05, 0.1) is 6.61 Å². The maximum Gasteiger partial charge on any atom is 0.117 e. The van der Waals surface area contributed by atoms with Crippen molar-refractivity contribution in [1.29, 1.82) is 0 Å². The lowest BCUT2D eigenvalue weighted by atomic mass is 10.8. The molecule has 0 aromatic carbocycles. The Balaban J connectivity index is 2.69. The molecule has 0 unspecified atom stereocenters. The van der Waals surface area contributed by atoms with Crippen LogP contribution in [0, 0.1) is 0 Å². The van der Waals surface area contributed by atoms with E-state index in [1.807, 2.05) is 0 Å². The Morgan fingerprint density at radius 2 is 2.29 bits per heavy atom. The Kier molecular flexibility index (Phi) is 4.77. The summed E-state index contributed by atoms with van der Waals surface area (Å²) in [5, 5.41) is 16.0. The smallest absolute Gasteiger partial charge is 0.117 e. The van der Waals surface area contributed by atoms with Gasteiger partial charge in [-0.2, -0.15) is 0 Å². The van der Waals surface area contributed by atoms with Crippen LogP contribution in [0.3, 0.4) is 0 Å². The van der Waals surface area contributed by atoms with Crippen molar-refractivity contribution >= 4 is 0 Å². The second kappa shape index (κ2) is 5.30. The summed E-state index contributed by atoms with van der Waals surface area (Å²) in [5.74, 6) is 0. The molecule has 42 valence electrons. The van der Waals surface area contributed by atoms with Crippen LogP contribution in [0.25, 0.3) is 0 Å². The first-order chi connectivity index (χ1) is 3.41. The van der Waals surface area contributed by atoms with Gasteiger partial charge in [0.15, 0.2) is 0 Å². The Hall–Kier alpha value is -0.700. The van der Waals surface area contributed by atoms with Crippen LogP contribution in [0.1, 0.15) is 0 Å². The quantitative estimate of drug-likeness (QED) is 0.392. The van der Waals surface area contributed by atoms with Crippen LogP contribution in [0.4, 0.5) is 0 Å². The standard InChI is InChI=1S/C4H8O3/c5-1-3-7-4-2-6/h1,3,5-6H,2,4H2. The van der Waals surface area contributed by atoms with E-state index in [1.54, 1.807) is 0 Å². The molecule has 0 aliphatic carbocycles. The van der Waals surface area contributed by atoms with Crippen LogP contribution in [-0.4, -0.2) is 23.4 Å². The highest BCUT2D eigenvalue weighted by Gasteiger charge is 1.72. The van der Waals surface area contributed by atoms with Crippen molar-refractivity contribution in [3.63, 3.8) is 0 Å². The van der Waals surface area contributed by atoms with Gasteiger partial charge in [-0.25, -0.2) is 0 Å². The minimum Gasteiger partial charge on any atom is -0.512 e. The molecule has 0 saturated heterocycles. The molecule has 0 saturated carbocycles. The molecule has 0 radical (unpaired) electrons. The zero-order valence-corrected chi connectivity index (χ0v) is 3.87. The van der Waals surface area contributed by atoms with E-state index in [2.05, 4.69) is 4.74 Å². The largest absolute Gasteiger partial charge is 0.512 e. The van der Waals surface area contributed by atoms with Gasteiger partial charge < -0.3 is 14.9 Å². The number of rotatable bonds is 3. The Morgan fingerprint density at radius 3 is 2.71 bits per heavy atom. The minimum absolute atomic E-state index is 0.0235. The maximum absolute atomic E-state index is 8.05. The first-order valence-corrected chi connectivity index (χ1v) is 1.93. The lowest BCUT2D eigenvalue weighted by Crippen LogP contribution is -1.91. The van der Waals surface area contributed by atoms with Crippen molar-refractivity contribution < 1.29 is 14.9 Å². The van der Waals surface area contributed by atoms with E-state index in [9.17, 15) is 0 Å². The third-order valence-corrected chi connectivity index (χ3v) is 0.366. The third-order valence-electron chi connectivity index (χ3n) is 0.366. The number of ether oxygens (including phenoxy) is 1. The van der Waals surface area contributed by atoms with Crippen molar-refractivity contribution in [3.05, 3.63) is 12.5 Å². The molecule has 0 atom stereocenters. The average molecular weight is 104 g/mol. The number of hydrogen-bond acceptors (Lipinski definition) is 3. The summed E-state index contributed by atoms with van der Waals surface area (Å²) in [6.45, 7) is 0.210. The highest BCUT2D eigenvalue weighted by molar-refractivity contribution is 4.55. The van der Waals surface area contributed by atoms with E-state index in [-0.39, 0.29) is 13.2 Å². The van der Waals surface area contributed by atoms with Crippen molar-refractivity contribution in [3.8, 4) is 0 Å². The first-order valence-electron chi connectivity index (χ1n) is 1.93. The van der Waals surface area contributed by atoms with Crippen LogP contribution < -0.4 is 0 Å². The summed E-state index contributed by atoms with van der Waals surface area (Å²) in [4.78, 5) is 0. The number of aliphatic hydroxyl groups excluding tert-OH is 2. The Bertz CT molecular complexity index is 50.9. The minimum atomic E-state index is -0.0235. The SMILES string of the molecule is OC=COCCO. The monoisotopic (exact) mass is 104 g/mol. The molecule has 0 aromatic rings. The number of aliphatic hydroxyl groups is 2. The number of hydrogen-bond donors (Lipinski definition) is 2. The van der Waals surface area contributed by atoms with E-state index in [1.165, 1.54) is 0 Å². The van der Waals surface area contributed by atoms with Gasteiger partial charge in [-0.1, -0.05) is 0 Å². The fourth-order valence-electron chi connectivity index (χ4n) is 0.164. The van der Waals surface area contributed by atoms with Crippen molar-refractivity contribution in [1.82, 2.24) is 0 Å². The van der Waals surface area contributed by atoms with Gasteiger partial charge in [0.1, 0.15) is 19.1 Å². The van der Waals surface area contributed by atoms with Gasteiger partial charge in [-0.05, 0) is 0 Å². The molecule has 0 fully saturated rings. The van der Waals surface area contributed by atoms with Crippen LogP contribution in [0.5, 0.6) is 0 Å². The summed E-state index contributed by atoms with van der Waals surface area (Å²) in [6, 6.07) is 0. The van der Waals surface area contributed by atoms with Gasteiger partial charge in [-0.15, -0.1) is 0 Å². The summed E-state index contributed by atoms with van der Waals surface area (Å²) in [6.07, 6.45) is 1.88. The molecule has 0 bridgehead atoms. The van der Waals surface area contributed by atoms with E-state index < -0.39 is 0 Å². The van der Waals surface area contributed by atoms with Crippen molar-refractivity contribution in [2.45, 2.75) is 0 Å². The lowest BCUT2D eigenvalue weighted by Gasteiger charge is -1.90. The molecule has 0 aliphatic rings. The molecule has 7 heavy (non-hydrogen) atoms. The summed E-state index contributed by atoms with van der Waals surface area (Å²) < 4.78 is 4.45. The second-order valence-corrected chi connectivity index (χ2v) is 0.880. The average Bonchev–Trinajstić information content (AvgIpc) is 1.69. The van der Waals surface area contributed by atoms with Gasteiger partial charge in [-0.3, -0.25) is 0 Å². The molecule has 0 heterocycles. The topological polar surface area (TPSA) is 49.7 Å². The Morgan fingerprint density at radius 1 is 1.57 bits per heavy atom. The van der Waals surface area contributed by atoms with Gasteiger partial charge >= 0.3 is 0 Å². The summed E-state index contributed by atoms with van der Waals surface area (Å²) in [7, 11) is 0. The molecule has 0 aliphatic heterocycles. The molecule has 0 aromatic heterocycles. The zero-order chi connectivity index (χ0) is 5.54. The van der Waals surface area contributed by atoms with Gasteiger partial charge in [0, 0.05) is 0 Å². The van der Waals surface area contributed by atoms with Gasteiger partial charge in [0.25, 0.3) is 0 Å². The van der Waals surface area contributed by atoms with Crippen LogP contribution in [0.15, 0.2) is 12.5 Å². The van der Waals surface area contributed by atoms with E-state index in [0.717, 1.165) is 12.5 Å². The van der Waals surface area contributed by atoms with Crippen LogP contribution in [-0.2, 0) is 4.74 Å². The molecular formula is C4H8O3. The molecule has 0 spiro atoms. The fraction of sp³-hybridized carbons (Fsp3) is 0.500. The van der Waals surface area contributed by atoms with Crippen molar-refractivity contribution in [2.75, 3.05) is 13.2 Å². The highest BCUT2D eigenvalue weighted by Crippen LogP contribution is 1.71. The summed E-state index contributed by atoms with van der Waals surface area (Å²) in [5.41, 5.74) is 0. The molecular weight excluding hydrogens is 96.0 g/mol. The fourth-order valence-corrected chi connectivity index (χ4v) is 0.164. The van der Waals surface area contributed by atoms with E-state index >= 15 is 0 Å². The van der Waals surface area contributed by atoms with E-state index in [0.29, 0.717) is 0 Å². The Labute approximate surface area is 41.8 Å². The van der Waals surface area contributed by atoms with Gasteiger partial charge in [0.2, 0.25) is 0 Å². The molecule has 0 rings (SSSR count). The molecule has 0 amide bonds. The molecule has 3 nitrogen and oxygen atoms in total. The normalized spacial score (nSPS) is 9.86. The predicted molar refractivity (Wildman–Crippen MR) is 24.8 cm³/mol. The third kappa shape index (κ3) is 5.30. The van der Waals surface area contributed by atoms with E-state index in [4.69, 9.17) is 10.2 Å². The highest BCUT2D eigenvalue weighted by atomic mass is 16.5. The van der Waals surface area contributed by atoms with Crippen LogP contribution >= 0.6 is 0 Å². The van der Waals surface area contributed by atoms with Crippen LogP contribution in [0.2, 0.25) is 0 Å². The predicted octanol–water partition coefficient (Wildman–Crippen LogP) is 0.0245. The zero-order valence-electron chi connectivity index (χ0n) is 3.87. The summed E-state index contributed by atoms with van der Waals surface area (Å²) >= 11 is 0. The lowest BCUT2D eigenvalue weighted by molar-refractivity contribution is 0.162. The maximum atomic E-state index is 8.05. The molecule has 2 N–H and O–H groups in total. The van der Waals surface area contributed by atoms with Crippen molar-refractivity contribution in [2.24, 2.45) is 0 Å². The molecule has 3 heteroatoms. The second-order valence-electron chi connectivity index (χ2n) is 0.880.